The lowest BCUT2D eigenvalue weighted by Gasteiger charge is -2.22. The Kier molecular flexibility index (Phi) is 3.78. The van der Waals surface area contributed by atoms with Crippen LogP contribution in [0.5, 0.6) is 0 Å². The first kappa shape index (κ1) is 14.2. The SMILES string of the molecule is O=C1CCC(NS(=O)(=O)c2cccc3ccccc23)CC1. The normalized spacial score (nSPS) is 17.2. The molecule has 1 N–H and O–H groups in total. The number of carbonyl (C=O) groups is 1. The Hall–Kier alpha value is -1.72. The van der Waals surface area contributed by atoms with Gasteiger partial charge in [0.15, 0.2) is 0 Å². The van der Waals surface area contributed by atoms with E-state index in [4.69, 9.17) is 0 Å². The highest BCUT2D eigenvalue weighted by Gasteiger charge is 2.25. The maximum absolute atomic E-state index is 12.6. The van der Waals surface area contributed by atoms with Crippen molar-refractivity contribution in [1.29, 1.82) is 0 Å². The van der Waals surface area contributed by atoms with Gasteiger partial charge in [0, 0.05) is 24.3 Å². The lowest BCUT2D eigenvalue weighted by atomic mass is 9.95. The zero-order valence-corrected chi connectivity index (χ0v) is 12.4. The molecule has 0 saturated heterocycles. The van der Waals surface area contributed by atoms with Gasteiger partial charge in [-0.2, -0.15) is 0 Å². The fourth-order valence-electron chi connectivity index (χ4n) is 2.77. The molecule has 4 nitrogen and oxygen atoms in total. The number of sulfonamides is 1. The quantitative estimate of drug-likeness (QED) is 0.948. The van der Waals surface area contributed by atoms with E-state index in [9.17, 15) is 13.2 Å². The highest BCUT2D eigenvalue weighted by Crippen LogP contribution is 2.24. The monoisotopic (exact) mass is 303 g/mol. The second-order valence-corrected chi connectivity index (χ2v) is 7.09. The average molecular weight is 303 g/mol. The third-order valence-corrected chi connectivity index (χ3v) is 5.48. The summed E-state index contributed by atoms with van der Waals surface area (Å²) in [4.78, 5) is 11.5. The molecule has 0 heterocycles. The molecule has 0 spiro atoms. The van der Waals surface area contributed by atoms with Crippen molar-refractivity contribution < 1.29 is 13.2 Å². The van der Waals surface area contributed by atoms with Crippen LogP contribution < -0.4 is 4.72 Å². The lowest BCUT2D eigenvalue weighted by Crippen LogP contribution is -2.37. The molecule has 0 radical (unpaired) electrons. The predicted octanol–water partition coefficient (Wildman–Crippen LogP) is 2.63. The zero-order valence-electron chi connectivity index (χ0n) is 11.6. The summed E-state index contributed by atoms with van der Waals surface area (Å²) in [6, 6.07) is 12.6. The highest BCUT2D eigenvalue weighted by atomic mass is 32.2. The van der Waals surface area contributed by atoms with Crippen molar-refractivity contribution in [3.05, 3.63) is 42.5 Å². The van der Waals surface area contributed by atoms with E-state index in [0.29, 0.717) is 30.6 Å². The average Bonchev–Trinajstić information content (AvgIpc) is 2.49. The van der Waals surface area contributed by atoms with Gasteiger partial charge in [0.25, 0.3) is 0 Å². The minimum atomic E-state index is -3.57. The Morgan fingerprint density at radius 2 is 1.62 bits per heavy atom. The standard InChI is InChI=1S/C16H17NO3S/c18-14-10-8-13(9-11-14)17-21(19,20)16-7-3-5-12-4-1-2-6-15(12)16/h1-7,13,17H,8-11H2. The van der Waals surface area contributed by atoms with E-state index < -0.39 is 10.0 Å². The number of fused-ring (bicyclic) bond motifs is 1. The molecule has 110 valence electrons. The van der Waals surface area contributed by atoms with Crippen molar-refractivity contribution in [3.8, 4) is 0 Å². The third-order valence-electron chi connectivity index (χ3n) is 3.90. The maximum atomic E-state index is 12.6. The van der Waals surface area contributed by atoms with Gasteiger partial charge < -0.3 is 0 Å². The van der Waals surface area contributed by atoms with Crippen LogP contribution in [-0.2, 0) is 14.8 Å². The molecule has 2 aromatic rings. The van der Waals surface area contributed by atoms with Crippen LogP contribution in [0.1, 0.15) is 25.7 Å². The van der Waals surface area contributed by atoms with Crippen LogP contribution in [0.4, 0.5) is 0 Å². The van der Waals surface area contributed by atoms with Crippen molar-refractivity contribution in [2.45, 2.75) is 36.6 Å². The number of benzene rings is 2. The molecular formula is C16H17NO3S. The minimum Gasteiger partial charge on any atom is -0.300 e. The summed E-state index contributed by atoms with van der Waals surface area (Å²) in [6.07, 6.45) is 2.09. The maximum Gasteiger partial charge on any atom is 0.241 e. The van der Waals surface area contributed by atoms with Gasteiger partial charge in [-0.1, -0.05) is 36.4 Å². The summed E-state index contributed by atoms with van der Waals surface area (Å²) < 4.78 is 27.9. The van der Waals surface area contributed by atoms with Gasteiger partial charge in [-0.3, -0.25) is 4.79 Å². The van der Waals surface area contributed by atoms with Crippen molar-refractivity contribution in [2.24, 2.45) is 0 Å². The topological polar surface area (TPSA) is 63.2 Å². The van der Waals surface area contributed by atoms with Crippen LogP contribution >= 0.6 is 0 Å². The molecule has 0 aromatic heterocycles. The molecule has 1 saturated carbocycles. The van der Waals surface area contributed by atoms with Crippen molar-refractivity contribution in [2.75, 3.05) is 0 Å². The number of rotatable bonds is 3. The summed E-state index contributed by atoms with van der Waals surface area (Å²) in [5.41, 5.74) is 0. The van der Waals surface area contributed by atoms with E-state index in [-0.39, 0.29) is 11.8 Å². The molecule has 0 aliphatic heterocycles. The summed E-state index contributed by atoms with van der Waals surface area (Å²) >= 11 is 0. The van der Waals surface area contributed by atoms with Crippen LogP contribution in [0.3, 0.4) is 0 Å². The molecule has 5 heteroatoms. The van der Waals surface area contributed by atoms with E-state index in [2.05, 4.69) is 4.72 Å². The zero-order chi connectivity index (χ0) is 14.9. The van der Waals surface area contributed by atoms with Gasteiger partial charge in [0.05, 0.1) is 4.90 Å². The molecule has 1 aliphatic carbocycles. The number of carbonyl (C=O) groups excluding carboxylic acids is 1. The lowest BCUT2D eigenvalue weighted by molar-refractivity contribution is -0.120. The molecule has 2 aromatic carbocycles. The number of hydrogen-bond acceptors (Lipinski definition) is 3. The third kappa shape index (κ3) is 2.99. The molecular weight excluding hydrogens is 286 g/mol. The molecule has 1 fully saturated rings. The van der Waals surface area contributed by atoms with Gasteiger partial charge in [-0.15, -0.1) is 0 Å². The smallest absolute Gasteiger partial charge is 0.241 e. The van der Waals surface area contributed by atoms with Crippen LogP contribution in [-0.4, -0.2) is 20.2 Å². The Bertz CT molecular complexity index is 768. The molecule has 0 atom stereocenters. The minimum absolute atomic E-state index is 0.147. The summed E-state index contributed by atoms with van der Waals surface area (Å²) in [7, 11) is -3.57. The first-order valence-corrected chi connectivity index (χ1v) is 8.56. The van der Waals surface area contributed by atoms with Crippen LogP contribution in [0.2, 0.25) is 0 Å². The van der Waals surface area contributed by atoms with E-state index in [1.165, 1.54) is 0 Å². The first-order chi connectivity index (χ1) is 10.1. The summed E-state index contributed by atoms with van der Waals surface area (Å²) in [6.45, 7) is 0. The van der Waals surface area contributed by atoms with E-state index in [0.717, 1.165) is 10.8 Å². The molecule has 1 aliphatic rings. The van der Waals surface area contributed by atoms with Crippen molar-refractivity contribution in [1.82, 2.24) is 4.72 Å². The highest BCUT2D eigenvalue weighted by molar-refractivity contribution is 7.89. The Morgan fingerprint density at radius 1 is 0.952 bits per heavy atom. The fraction of sp³-hybridized carbons (Fsp3) is 0.312. The second-order valence-electron chi connectivity index (χ2n) is 5.41. The molecule has 21 heavy (non-hydrogen) atoms. The number of ketones is 1. The number of Topliss-reactive ketones (excluding diaryl/α,β-unsaturated/α-hetero) is 1. The number of hydrogen-bond donors (Lipinski definition) is 1. The summed E-state index contributed by atoms with van der Waals surface area (Å²) in [5.74, 6) is 0.218. The molecule has 0 amide bonds. The summed E-state index contributed by atoms with van der Waals surface area (Å²) in [5, 5.41) is 1.62. The van der Waals surface area contributed by atoms with E-state index in [1.54, 1.807) is 12.1 Å². The van der Waals surface area contributed by atoms with Gasteiger partial charge in [-0.25, -0.2) is 13.1 Å². The predicted molar refractivity (Wildman–Crippen MR) is 81.5 cm³/mol. The number of nitrogens with one attached hydrogen (secondary N) is 1. The van der Waals surface area contributed by atoms with Crippen molar-refractivity contribution >= 4 is 26.6 Å². The van der Waals surface area contributed by atoms with E-state index >= 15 is 0 Å². The van der Waals surface area contributed by atoms with Crippen LogP contribution in [0, 0.1) is 0 Å². The first-order valence-electron chi connectivity index (χ1n) is 7.08. The molecule has 0 bridgehead atoms. The van der Waals surface area contributed by atoms with Gasteiger partial charge in [0.2, 0.25) is 10.0 Å². The van der Waals surface area contributed by atoms with Gasteiger partial charge in [0.1, 0.15) is 5.78 Å². The largest absolute Gasteiger partial charge is 0.300 e. The van der Waals surface area contributed by atoms with Crippen LogP contribution in [0.25, 0.3) is 10.8 Å². The Labute approximate surface area is 124 Å². The van der Waals surface area contributed by atoms with Gasteiger partial charge in [-0.05, 0) is 24.3 Å². The Morgan fingerprint density at radius 3 is 2.38 bits per heavy atom. The Balaban J connectivity index is 1.92. The second kappa shape index (κ2) is 5.58. The molecule has 3 rings (SSSR count). The van der Waals surface area contributed by atoms with E-state index in [1.807, 2.05) is 30.3 Å². The molecule has 0 unspecified atom stereocenters. The van der Waals surface area contributed by atoms with Gasteiger partial charge >= 0.3 is 0 Å². The van der Waals surface area contributed by atoms with Crippen molar-refractivity contribution in [3.63, 3.8) is 0 Å². The fourth-order valence-corrected chi connectivity index (χ4v) is 4.31. The van der Waals surface area contributed by atoms with Crippen LogP contribution in [0.15, 0.2) is 47.4 Å².